The highest BCUT2D eigenvalue weighted by atomic mass is 28.2. The van der Waals surface area contributed by atoms with Gasteiger partial charge in [0.1, 0.15) is 9.52 Å². The van der Waals surface area contributed by atoms with Gasteiger partial charge in [0, 0.05) is 0 Å². The van der Waals surface area contributed by atoms with E-state index in [0.29, 0.717) is 0 Å². The van der Waals surface area contributed by atoms with E-state index < -0.39 is 0 Å². The van der Waals surface area contributed by atoms with Gasteiger partial charge in [0.25, 0.3) is 0 Å². The molecule has 2 aromatic rings. The molecule has 0 nitrogen and oxygen atoms in total. The van der Waals surface area contributed by atoms with Crippen molar-refractivity contribution < 1.29 is 0 Å². The van der Waals surface area contributed by atoms with Crippen molar-refractivity contribution in [2.24, 2.45) is 0 Å². The minimum absolute atomic E-state index is 0.814. The molecule has 0 aromatic heterocycles. The quantitative estimate of drug-likeness (QED) is 0.485. The lowest BCUT2D eigenvalue weighted by Crippen LogP contribution is -2.21. The molecule has 0 N–H and O–H groups in total. The molecule has 0 amide bonds. The van der Waals surface area contributed by atoms with Crippen molar-refractivity contribution in [2.75, 3.05) is 0 Å². The van der Waals surface area contributed by atoms with E-state index in [-0.39, 0.29) is 0 Å². The largest absolute Gasteiger partial charge is 0.117 e. The second kappa shape index (κ2) is 9.73. The van der Waals surface area contributed by atoms with E-state index in [1.807, 2.05) is 0 Å². The SMILES string of the molecule is CCCCc1ccc(Cc2ccccc2[Si]C2=C(CCC)C=CC2)cc1. The van der Waals surface area contributed by atoms with Crippen LogP contribution < -0.4 is 5.19 Å². The van der Waals surface area contributed by atoms with Gasteiger partial charge in [-0.3, -0.25) is 0 Å². The van der Waals surface area contributed by atoms with Crippen LogP contribution in [-0.4, -0.2) is 9.52 Å². The molecule has 1 aliphatic rings. The van der Waals surface area contributed by atoms with Crippen LogP contribution in [0.3, 0.4) is 0 Å². The van der Waals surface area contributed by atoms with E-state index in [2.05, 4.69) is 74.5 Å². The molecular weight excluding hydrogens is 328 g/mol. The number of benzene rings is 2. The maximum absolute atomic E-state index is 2.35. The summed E-state index contributed by atoms with van der Waals surface area (Å²) < 4.78 is 0. The maximum Gasteiger partial charge on any atom is 0.117 e. The lowest BCUT2D eigenvalue weighted by atomic mass is 10.0. The standard InChI is InChI=1S/C25H30Si/c1-3-5-10-20-15-17-21(18-16-20)19-23-11-6-7-13-25(23)26-24-14-8-12-22(24)9-4-2/h6-8,11-13,15-18H,3-5,9-10,14,19H2,1-2H3. The van der Waals surface area contributed by atoms with Crippen LogP contribution in [0.2, 0.25) is 0 Å². The Morgan fingerprint density at radius 2 is 1.62 bits per heavy atom. The predicted molar refractivity (Wildman–Crippen MR) is 115 cm³/mol. The fourth-order valence-corrected chi connectivity index (χ4v) is 4.99. The van der Waals surface area contributed by atoms with Crippen molar-refractivity contribution in [3.63, 3.8) is 0 Å². The molecule has 1 heteroatoms. The zero-order valence-electron chi connectivity index (χ0n) is 16.2. The smallest absolute Gasteiger partial charge is 0.0806 e. The third-order valence-electron chi connectivity index (χ3n) is 5.09. The number of hydrogen-bond donors (Lipinski definition) is 0. The summed E-state index contributed by atoms with van der Waals surface area (Å²) in [6, 6.07) is 18.3. The fraction of sp³-hybridized carbons (Fsp3) is 0.360. The van der Waals surface area contributed by atoms with Gasteiger partial charge in [-0.2, -0.15) is 0 Å². The molecule has 0 saturated carbocycles. The number of allylic oxidation sites excluding steroid dienone is 4. The summed E-state index contributed by atoms with van der Waals surface area (Å²) >= 11 is 0. The lowest BCUT2D eigenvalue weighted by Gasteiger charge is -2.12. The van der Waals surface area contributed by atoms with Crippen molar-refractivity contribution in [2.45, 2.75) is 58.8 Å². The van der Waals surface area contributed by atoms with Crippen LogP contribution in [0.1, 0.15) is 62.6 Å². The van der Waals surface area contributed by atoms with Gasteiger partial charge < -0.3 is 0 Å². The van der Waals surface area contributed by atoms with Gasteiger partial charge in [-0.1, -0.05) is 103 Å². The van der Waals surface area contributed by atoms with Crippen molar-refractivity contribution in [3.8, 4) is 0 Å². The van der Waals surface area contributed by atoms with E-state index >= 15 is 0 Å². The summed E-state index contributed by atoms with van der Waals surface area (Å²) in [5.41, 5.74) is 5.97. The molecule has 0 fully saturated rings. The van der Waals surface area contributed by atoms with Gasteiger partial charge in [-0.15, -0.1) is 0 Å². The molecule has 2 aromatic carbocycles. The van der Waals surface area contributed by atoms with Crippen LogP contribution in [0.15, 0.2) is 71.5 Å². The minimum atomic E-state index is 0.814. The Balaban J connectivity index is 1.72. The van der Waals surface area contributed by atoms with Crippen LogP contribution in [0.4, 0.5) is 0 Å². The summed E-state index contributed by atoms with van der Waals surface area (Å²) in [4.78, 5) is 0. The third kappa shape index (κ3) is 5.08. The predicted octanol–water partition coefficient (Wildman–Crippen LogP) is 5.96. The summed E-state index contributed by atoms with van der Waals surface area (Å²) in [5, 5.41) is 3.17. The van der Waals surface area contributed by atoms with Crippen LogP contribution in [0.5, 0.6) is 0 Å². The molecule has 0 heterocycles. The third-order valence-corrected chi connectivity index (χ3v) is 6.67. The molecule has 1 aliphatic carbocycles. The van der Waals surface area contributed by atoms with Gasteiger partial charge in [-0.25, -0.2) is 0 Å². The highest BCUT2D eigenvalue weighted by Gasteiger charge is 2.13. The zero-order chi connectivity index (χ0) is 18.2. The minimum Gasteiger partial charge on any atom is -0.0806 e. The Kier molecular flexibility index (Phi) is 7.08. The van der Waals surface area contributed by atoms with Crippen molar-refractivity contribution >= 4 is 14.7 Å². The van der Waals surface area contributed by atoms with E-state index in [1.54, 1.807) is 10.8 Å². The number of aryl methyl sites for hydroxylation is 1. The van der Waals surface area contributed by atoms with E-state index in [1.165, 1.54) is 54.0 Å². The Labute approximate surface area is 161 Å². The van der Waals surface area contributed by atoms with Crippen molar-refractivity contribution in [3.05, 3.63) is 88.1 Å². The number of unbranched alkanes of at least 4 members (excludes halogenated alkanes) is 1. The van der Waals surface area contributed by atoms with Gasteiger partial charge >= 0.3 is 0 Å². The molecule has 26 heavy (non-hydrogen) atoms. The summed E-state index contributed by atoms with van der Waals surface area (Å²) in [7, 11) is 0.814. The molecule has 134 valence electrons. The van der Waals surface area contributed by atoms with Crippen LogP contribution in [-0.2, 0) is 12.8 Å². The normalized spacial score (nSPS) is 13.6. The summed E-state index contributed by atoms with van der Waals surface area (Å²) in [6.45, 7) is 4.53. The first-order valence-corrected chi connectivity index (χ1v) is 11.1. The first kappa shape index (κ1) is 18.9. The number of rotatable bonds is 9. The van der Waals surface area contributed by atoms with Gasteiger partial charge in [0.2, 0.25) is 0 Å². The molecule has 0 aliphatic heterocycles. The van der Waals surface area contributed by atoms with E-state index in [4.69, 9.17) is 0 Å². The molecule has 0 bridgehead atoms. The topological polar surface area (TPSA) is 0 Å². The highest BCUT2D eigenvalue weighted by Crippen LogP contribution is 2.22. The Hall–Kier alpha value is -1.86. The maximum atomic E-state index is 2.35. The lowest BCUT2D eigenvalue weighted by molar-refractivity contribution is 0.795. The van der Waals surface area contributed by atoms with Crippen LogP contribution in [0, 0.1) is 0 Å². The average molecular weight is 359 g/mol. The van der Waals surface area contributed by atoms with Gasteiger partial charge in [-0.05, 0) is 48.8 Å². The number of hydrogen-bond acceptors (Lipinski definition) is 0. The Morgan fingerprint density at radius 1 is 0.846 bits per heavy atom. The monoisotopic (exact) mass is 358 g/mol. The Bertz CT molecular complexity index is 765. The van der Waals surface area contributed by atoms with Crippen LogP contribution in [0.25, 0.3) is 0 Å². The second-order valence-corrected chi connectivity index (χ2v) is 8.63. The molecule has 3 rings (SSSR count). The Morgan fingerprint density at radius 3 is 2.38 bits per heavy atom. The van der Waals surface area contributed by atoms with E-state index in [0.717, 1.165) is 22.4 Å². The van der Waals surface area contributed by atoms with Gasteiger partial charge in [0.15, 0.2) is 0 Å². The van der Waals surface area contributed by atoms with Gasteiger partial charge in [0.05, 0.1) is 0 Å². The molecular formula is C25H30Si. The van der Waals surface area contributed by atoms with Crippen molar-refractivity contribution in [1.82, 2.24) is 0 Å². The molecule has 0 saturated heterocycles. The molecule has 0 spiro atoms. The summed E-state index contributed by atoms with van der Waals surface area (Å²) in [6.07, 6.45) is 13.1. The molecule has 2 radical (unpaired) electrons. The summed E-state index contributed by atoms with van der Waals surface area (Å²) in [5.74, 6) is 0. The van der Waals surface area contributed by atoms with E-state index in [9.17, 15) is 0 Å². The molecule has 0 unspecified atom stereocenters. The fourth-order valence-electron chi connectivity index (χ4n) is 3.57. The average Bonchev–Trinajstić information content (AvgIpc) is 3.10. The van der Waals surface area contributed by atoms with Crippen molar-refractivity contribution in [1.29, 1.82) is 0 Å². The molecule has 0 atom stereocenters. The first-order valence-electron chi connectivity index (χ1n) is 10.1. The second-order valence-electron chi connectivity index (χ2n) is 7.24. The first-order chi connectivity index (χ1) is 12.8. The van der Waals surface area contributed by atoms with Crippen LogP contribution >= 0.6 is 0 Å². The zero-order valence-corrected chi connectivity index (χ0v) is 17.2. The highest BCUT2D eigenvalue weighted by molar-refractivity contribution is 6.61.